The van der Waals surface area contributed by atoms with Crippen LogP contribution < -0.4 is 0 Å². The summed E-state index contributed by atoms with van der Waals surface area (Å²) in [6.07, 6.45) is 4.67. The number of fused-ring (bicyclic) bond motifs is 1. The van der Waals surface area contributed by atoms with E-state index in [2.05, 4.69) is 28.9 Å². The van der Waals surface area contributed by atoms with Gasteiger partial charge in [-0.2, -0.15) is 0 Å². The first kappa shape index (κ1) is 14.2. The summed E-state index contributed by atoms with van der Waals surface area (Å²) in [4.78, 5) is 21.6. The Balaban J connectivity index is 1.99. The number of nitrogens with zero attached hydrogens (tertiary/aromatic N) is 3. The Kier molecular flexibility index (Phi) is 3.99. The first-order valence-electron chi connectivity index (χ1n) is 7.42. The summed E-state index contributed by atoms with van der Waals surface area (Å²) >= 11 is 0. The lowest BCUT2D eigenvalue weighted by Crippen LogP contribution is -2.43. The second kappa shape index (κ2) is 5.92. The average molecular weight is 283 g/mol. The van der Waals surface area contributed by atoms with Crippen molar-refractivity contribution in [3.05, 3.63) is 42.2 Å². The van der Waals surface area contributed by atoms with E-state index in [1.54, 1.807) is 6.20 Å². The maximum Gasteiger partial charge on any atom is 0.181 e. The molecule has 3 rings (SSSR count). The van der Waals surface area contributed by atoms with Gasteiger partial charge in [0.25, 0.3) is 0 Å². The quantitative estimate of drug-likeness (QED) is 0.791. The maximum absolute atomic E-state index is 13.0. The van der Waals surface area contributed by atoms with Gasteiger partial charge < -0.3 is 4.90 Å². The molecule has 1 aromatic carbocycles. The number of rotatable bonds is 2. The molecule has 0 bridgehead atoms. The number of hydrogen-bond donors (Lipinski definition) is 0. The van der Waals surface area contributed by atoms with Crippen LogP contribution in [0.3, 0.4) is 0 Å². The van der Waals surface area contributed by atoms with Gasteiger partial charge in [-0.3, -0.25) is 14.7 Å². The summed E-state index contributed by atoms with van der Waals surface area (Å²) in [5.41, 5.74) is 0.807. The standard InChI is InChI=1S/C17H21N3O/c1-19-9-4-10-20(2)16(12-19)17(21)15-6-3-5-13-11-18-8-7-14(13)15/h3,5-8,11,16H,4,9-10,12H2,1-2H3. The summed E-state index contributed by atoms with van der Waals surface area (Å²) in [6.45, 7) is 2.80. The summed E-state index contributed by atoms with van der Waals surface area (Å²) < 4.78 is 0. The lowest BCUT2D eigenvalue weighted by atomic mass is 9.98. The van der Waals surface area contributed by atoms with Gasteiger partial charge in [0.2, 0.25) is 0 Å². The fourth-order valence-electron chi connectivity index (χ4n) is 3.07. The molecule has 0 aliphatic carbocycles. The SMILES string of the molecule is CN1CCCN(C)C(C(=O)c2cccc3cnccc23)C1. The predicted octanol–water partition coefficient (Wildman–Crippen LogP) is 2.05. The average Bonchev–Trinajstić information content (AvgIpc) is 2.67. The van der Waals surface area contributed by atoms with Crippen molar-refractivity contribution in [1.82, 2.24) is 14.8 Å². The molecule has 1 fully saturated rings. The molecular weight excluding hydrogens is 262 g/mol. The number of benzene rings is 1. The van der Waals surface area contributed by atoms with Crippen molar-refractivity contribution < 1.29 is 4.79 Å². The van der Waals surface area contributed by atoms with Crippen LogP contribution in [0.2, 0.25) is 0 Å². The monoisotopic (exact) mass is 283 g/mol. The van der Waals surface area contributed by atoms with Gasteiger partial charge >= 0.3 is 0 Å². The van der Waals surface area contributed by atoms with Crippen LogP contribution in [0.5, 0.6) is 0 Å². The van der Waals surface area contributed by atoms with E-state index in [1.807, 2.05) is 30.5 Å². The molecule has 1 saturated heterocycles. The lowest BCUT2D eigenvalue weighted by molar-refractivity contribution is 0.0841. The smallest absolute Gasteiger partial charge is 0.181 e. The van der Waals surface area contributed by atoms with E-state index in [4.69, 9.17) is 0 Å². The molecule has 0 N–H and O–H groups in total. The van der Waals surface area contributed by atoms with Gasteiger partial charge in [-0.15, -0.1) is 0 Å². The minimum absolute atomic E-state index is 0.0729. The van der Waals surface area contributed by atoms with Crippen LogP contribution >= 0.6 is 0 Å². The van der Waals surface area contributed by atoms with Crippen LogP contribution in [0.15, 0.2) is 36.7 Å². The largest absolute Gasteiger partial charge is 0.304 e. The number of Topliss-reactive ketones (excluding diaryl/α,β-unsaturated/α-hetero) is 1. The van der Waals surface area contributed by atoms with E-state index >= 15 is 0 Å². The molecule has 1 aromatic heterocycles. The van der Waals surface area contributed by atoms with Gasteiger partial charge in [-0.25, -0.2) is 0 Å². The van der Waals surface area contributed by atoms with Crippen molar-refractivity contribution in [2.45, 2.75) is 12.5 Å². The normalized spacial score (nSPS) is 21.3. The summed E-state index contributed by atoms with van der Waals surface area (Å²) in [7, 11) is 4.14. The van der Waals surface area contributed by atoms with E-state index in [0.717, 1.165) is 42.4 Å². The molecule has 4 heteroatoms. The second-order valence-electron chi connectivity index (χ2n) is 5.88. The molecule has 2 aromatic rings. The highest BCUT2D eigenvalue weighted by molar-refractivity contribution is 6.10. The van der Waals surface area contributed by atoms with Gasteiger partial charge in [0.15, 0.2) is 5.78 Å². The molecule has 0 saturated carbocycles. The minimum atomic E-state index is -0.0729. The molecule has 1 unspecified atom stereocenters. The van der Waals surface area contributed by atoms with Crippen molar-refractivity contribution in [3.63, 3.8) is 0 Å². The topological polar surface area (TPSA) is 36.4 Å². The van der Waals surface area contributed by atoms with Gasteiger partial charge in [0.1, 0.15) is 0 Å². The van der Waals surface area contributed by atoms with Gasteiger partial charge in [-0.05, 0) is 45.1 Å². The summed E-state index contributed by atoms with van der Waals surface area (Å²) in [5.74, 6) is 0.211. The van der Waals surface area contributed by atoms with Crippen LogP contribution in [0.1, 0.15) is 16.8 Å². The van der Waals surface area contributed by atoms with Crippen LogP contribution in [0.25, 0.3) is 10.8 Å². The lowest BCUT2D eigenvalue weighted by Gasteiger charge is -2.26. The second-order valence-corrected chi connectivity index (χ2v) is 5.88. The molecular formula is C17H21N3O. The first-order chi connectivity index (χ1) is 10.2. The Morgan fingerprint density at radius 3 is 2.95 bits per heavy atom. The van der Waals surface area contributed by atoms with Crippen molar-refractivity contribution >= 4 is 16.6 Å². The molecule has 0 radical (unpaired) electrons. The van der Waals surface area contributed by atoms with Crippen molar-refractivity contribution in [2.24, 2.45) is 0 Å². The van der Waals surface area contributed by atoms with E-state index < -0.39 is 0 Å². The number of pyridine rings is 1. The van der Waals surface area contributed by atoms with Crippen LogP contribution in [-0.2, 0) is 0 Å². The summed E-state index contributed by atoms with van der Waals surface area (Å²) in [5, 5.41) is 2.02. The number of hydrogen-bond acceptors (Lipinski definition) is 4. The number of likely N-dealkylation sites (N-methyl/N-ethyl adjacent to an activating group) is 2. The van der Waals surface area contributed by atoms with Crippen molar-refractivity contribution in [1.29, 1.82) is 0 Å². The van der Waals surface area contributed by atoms with E-state index in [1.165, 1.54) is 0 Å². The molecule has 2 heterocycles. The third kappa shape index (κ3) is 2.82. The Bertz CT molecular complexity index is 650. The van der Waals surface area contributed by atoms with E-state index in [9.17, 15) is 4.79 Å². The number of carbonyl (C=O) groups excluding carboxylic acids is 1. The molecule has 4 nitrogen and oxygen atoms in total. The number of ketones is 1. The highest BCUT2D eigenvalue weighted by Gasteiger charge is 2.28. The molecule has 1 atom stereocenters. The zero-order valence-corrected chi connectivity index (χ0v) is 12.6. The molecule has 110 valence electrons. The number of aromatic nitrogens is 1. The molecule has 0 spiro atoms. The summed E-state index contributed by atoms with van der Waals surface area (Å²) in [6, 6.07) is 7.74. The van der Waals surface area contributed by atoms with Crippen LogP contribution in [0, 0.1) is 0 Å². The first-order valence-corrected chi connectivity index (χ1v) is 7.42. The molecule has 1 aliphatic rings. The van der Waals surface area contributed by atoms with E-state index in [0.29, 0.717) is 0 Å². The molecule has 1 aliphatic heterocycles. The van der Waals surface area contributed by atoms with Gasteiger partial charge in [0.05, 0.1) is 6.04 Å². The van der Waals surface area contributed by atoms with Crippen LogP contribution in [0.4, 0.5) is 0 Å². The highest BCUT2D eigenvalue weighted by atomic mass is 16.1. The third-order valence-corrected chi connectivity index (χ3v) is 4.32. The highest BCUT2D eigenvalue weighted by Crippen LogP contribution is 2.21. The minimum Gasteiger partial charge on any atom is -0.304 e. The third-order valence-electron chi connectivity index (χ3n) is 4.32. The zero-order chi connectivity index (χ0) is 14.8. The maximum atomic E-state index is 13.0. The van der Waals surface area contributed by atoms with Crippen molar-refractivity contribution in [3.8, 4) is 0 Å². The van der Waals surface area contributed by atoms with Gasteiger partial charge in [-0.1, -0.05) is 18.2 Å². The fourth-order valence-corrected chi connectivity index (χ4v) is 3.07. The Hall–Kier alpha value is -1.78. The van der Waals surface area contributed by atoms with Gasteiger partial charge in [0, 0.05) is 29.9 Å². The predicted molar refractivity (Wildman–Crippen MR) is 84.6 cm³/mol. The number of carbonyl (C=O) groups is 1. The molecule has 0 amide bonds. The Morgan fingerprint density at radius 1 is 1.24 bits per heavy atom. The zero-order valence-electron chi connectivity index (χ0n) is 12.6. The molecule has 21 heavy (non-hydrogen) atoms. The van der Waals surface area contributed by atoms with E-state index in [-0.39, 0.29) is 11.8 Å². The van der Waals surface area contributed by atoms with Crippen molar-refractivity contribution in [2.75, 3.05) is 33.7 Å². The fraction of sp³-hybridized carbons (Fsp3) is 0.412. The van der Waals surface area contributed by atoms with Crippen LogP contribution in [-0.4, -0.2) is 60.3 Å². The Morgan fingerprint density at radius 2 is 2.10 bits per heavy atom. The Labute approximate surface area is 125 Å².